The number of anilines is 1. The predicted molar refractivity (Wildman–Crippen MR) is 78.4 cm³/mol. The van der Waals surface area contributed by atoms with E-state index in [0.29, 0.717) is 12.1 Å². The van der Waals surface area contributed by atoms with Crippen LogP contribution in [0.15, 0.2) is 42.5 Å². The van der Waals surface area contributed by atoms with Gasteiger partial charge in [0.15, 0.2) is 5.13 Å². The van der Waals surface area contributed by atoms with E-state index in [-0.39, 0.29) is 5.02 Å². The summed E-state index contributed by atoms with van der Waals surface area (Å²) < 4.78 is 14.1. The summed E-state index contributed by atoms with van der Waals surface area (Å²) in [4.78, 5) is 4.39. The number of hydrogen-bond donors (Lipinski definition) is 1. The molecular weight excluding hydrogens is 283 g/mol. The highest BCUT2D eigenvalue weighted by atomic mass is 35.5. The van der Waals surface area contributed by atoms with E-state index in [1.54, 1.807) is 6.07 Å². The number of rotatable bonds is 3. The fraction of sp³-hybridized carbons (Fsp3) is 0.0714. The van der Waals surface area contributed by atoms with Crippen LogP contribution in [-0.2, 0) is 6.54 Å². The minimum Gasteiger partial charge on any atom is -0.357 e. The zero-order valence-electron chi connectivity index (χ0n) is 9.86. The van der Waals surface area contributed by atoms with E-state index in [0.717, 1.165) is 9.83 Å². The van der Waals surface area contributed by atoms with E-state index in [4.69, 9.17) is 11.6 Å². The Hall–Kier alpha value is -1.65. The summed E-state index contributed by atoms with van der Waals surface area (Å²) in [5.41, 5.74) is 1.89. The van der Waals surface area contributed by atoms with Crippen molar-refractivity contribution < 1.29 is 4.39 Å². The van der Waals surface area contributed by atoms with Crippen LogP contribution in [0, 0.1) is 5.82 Å². The average molecular weight is 293 g/mol. The first-order chi connectivity index (χ1) is 9.22. The molecule has 0 aliphatic carbocycles. The van der Waals surface area contributed by atoms with Crippen molar-refractivity contribution in [3.05, 3.63) is 58.9 Å². The van der Waals surface area contributed by atoms with Gasteiger partial charge in [-0.15, -0.1) is 0 Å². The molecule has 0 saturated carbocycles. The minimum atomic E-state index is -0.410. The van der Waals surface area contributed by atoms with Crippen LogP contribution in [0.1, 0.15) is 5.56 Å². The number of halogens is 2. The third-order valence-electron chi connectivity index (χ3n) is 2.72. The molecule has 1 heterocycles. The lowest BCUT2D eigenvalue weighted by Crippen LogP contribution is -1.97. The Morgan fingerprint density at radius 1 is 1.21 bits per heavy atom. The molecule has 2 aromatic carbocycles. The monoisotopic (exact) mass is 292 g/mol. The van der Waals surface area contributed by atoms with Crippen LogP contribution in [-0.4, -0.2) is 4.98 Å². The Kier molecular flexibility index (Phi) is 3.36. The lowest BCUT2D eigenvalue weighted by molar-refractivity contribution is 0.630. The molecule has 0 atom stereocenters. The summed E-state index contributed by atoms with van der Waals surface area (Å²) in [7, 11) is 0. The molecule has 0 fully saturated rings. The Labute approximate surface area is 118 Å². The number of nitrogens with one attached hydrogen (secondary N) is 1. The van der Waals surface area contributed by atoms with Crippen molar-refractivity contribution in [2.24, 2.45) is 0 Å². The van der Waals surface area contributed by atoms with Gasteiger partial charge in [-0.05, 0) is 17.7 Å². The molecule has 96 valence electrons. The second-order valence-corrected chi connectivity index (χ2v) is 5.53. The van der Waals surface area contributed by atoms with Crippen LogP contribution in [0.4, 0.5) is 9.52 Å². The quantitative estimate of drug-likeness (QED) is 0.757. The highest BCUT2D eigenvalue weighted by Crippen LogP contribution is 2.30. The Balaban J connectivity index is 1.82. The van der Waals surface area contributed by atoms with Gasteiger partial charge in [0.2, 0.25) is 0 Å². The molecule has 0 amide bonds. The molecule has 5 heteroatoms. The number of aromatic nitrogens is 1. The van der Waals surface area contributed by atoms with Gasteiger partial charge >= 0.3 is 0 Å². The zero-order chi connectivity index (χ0) is 13.2. The zero-order valence-corrected chi connectivity index (χ0v) is 11.4. The maximum absolute atomic E-state index is 13.3. The van der Waals surface area contributed by atoms with E-state index < -0.39 is 5.82 Å². The maximum atomic E-state index is 13.3. The van der Waals surface area contributed by atoms with Crippen molar-refractivity contribution in [2.75, 3.05) is 5.32 Å². The van der Waals surface area contributed by atoms with Gasteiger partial charge in [-0.25, -0.2) is 9.37 Å². The van der Waals surface area contributed by atoms with Crippen molar-refractivity contribution in [3.63, 3.8) is 0 Å². The second kappa shape index (κ2) is 5.15. The normalized spacial score (nSPS) is 10.8. The molecule has 3 aromatic rings. The standard InChI is InChI=1S/C14H10ClFN2S/c15-10-6-12-13(7-11(10)16)19-14(18-12)17-8-9-4-2-1-3-5-9/h1-7H,8H2,(H,17,18). The third kappa shape index (κ3) is 2.69. The number of nitrogens with zero attached hydrogens (tertiary/aromatic N) is 1. The first kappa shape index (κ1) is 12.4. The van der Waals surface area contributed by atoms with Gasteiger partial charge in [-0.2, -0.15) is 0 Å². The fourth-order valence-electron chi connectivity index (χ4n) is 1.77. The molecule has 0 unspecified atom stereocenters. The van der Waals surface area contributed by atoms with E-state index in [1.807, 2.05) is 30.3 Å². The first-order valence-corrected chi connectivity index (χ1v) is 6.95. The van der Waals surface area contributed by atoms with Crippen molar-refractivity contribution in [2.45, 2.75) is 6.54 Å². The summed E-state index contributed by atoms with van der Waals surface area (Å²) in [6.07, 6.45) is 0. The highest BCUT2D eigenvalue weighted by molar-refractivity contribution is 7.22. The van der Waals surface area contributed by atoms with Crippen LogP contribution < -0.4 is 5.32 Å². The molecule has 19 heavy (non-hydrogen) atoms. The van der Waals surface area contributed by atoms with Gasteiger partial charge in [0.05, 0.1) is 15.2 Å². The highest BCUT2D eigenvalue weighted by Gasteiger charge is 2.08. The van der Waals surface area contributed by atoms with Crippen molar-refractivity contribution in [1.82, 2.24) is 4.98 Å². The molecule has 0 aliphatic rings. The molecule has 1 N–H and O–H groups in total. The van der Waals surface area contributed by atoms with Gasteiger partial charge in [0, 0.05) is 6.54 Å². The SMILES string of the molecule is Fc1cc2sc(NCc3ccccc3)nc2cc1Cl. The lowest BCUT2D eigenvalue weighted by atomic mass is 10.2. The number of hydrogen-bond acceptors (Lipinski definition) is 3. The van der Waals surface area contributed by atoms with Crippen LogP contribution in [0.5, 0.6) is 0 Å². The van der Waals surface area contributed by atoms with Crippen molar-refractivity contribution in [1.29, 1.82) is 0 Å². The van der Waals surface area contributed by atoms with Crippen LogP contribution in [0.3, 0.4) is 0 Å². The molecule has 3 rings (SSSR count). The predicted octanol–water partition coefficient (Wildman–Crippen LogP) is 4.70. The van der Waals surface area contributed by atoms with Gasteiger partial charge in [0.25, 0.3) is 0 Å². The summed E-state index contributed by atoms with van der Waals surface area (Å²) in [6, 6.07) is 13.0. The van der Waals surface area contributed by atoms with Gasteiger partial charge in [0.1, 0.15) is 5.82 Å². The summed E-state index contributed by atoms with van der Waals surface area (Å²) in [5.74, 6) is -0.410. The van der Waals surface area contributed by atoms with Gasteiger partial charge in [-0.1, -0.05) is 53.3 Å². The Morgan fingerprint density at radius 3 is 2.79 bits per heavy atom. The van der Waals surface area contributed by atoms with E-state index in [1.165, 1.54) is 23.0 Å². The van der Waals surface area contributed by atoms with Gasteiger partial charge < -0.3 is 5.32 Å². The van der Waals surface area contributed by atoms with Crippen LogP contribution in [0.25, 0.3) is 10.2 Å². The second-order valence-electron chi connectivity index (χ2n) is 4.09. The minimum absolute atomic E-state index is 0.104. The molecule has 0 bridgehead atoms. The Morgan fingerprint density at radius 2 is 2.00 bits per heavy atom. The third-order valence-corrected chi connectivity index (χ3v) is 3.98. The van der Waals surface area contributed by atoms with Crippen LogP contribution in [0.2, 0.25) is 5.02 Å². The Bertz CT molecular complexity index is 673. The van der Waals surface area contributed by atoms with E-state index >= 15 is 0 Å². The summed E-state index contributed by atoms with van der Waals surface area (Å²) in [5, 5.41) is 4.10. The van der Waals surface area contributed by atoms with E-state index in [2.05, 4.69) is 10.3 Å². The summed E-state index contributed by atoms with van der Waals surface area (Å²) >= 11 is 7.16. The number of thiazole rings is 1. The van der Waals surface area contributed by atoms with Gasteiger partial charge in [-0.3, -0.25) is 0 Å². The maximum Gasteiger partial charge on any atom is 0.184 e. The topological polar surface area (TPSA) is 24.9 Å². The number of benzene rings is 2. The lowest BCUT2D eigenvalue weighted by Gasteiger charge is -2.01. The number of fused-ring (bicyclic) bond motifs is 1. The smallest absolute Gasteiger partial charge is 0.184 e. The molecule has 0 spiro atoms. The van der Waals surface area contributed by atoms with Crippen molar-refractivity contribution in [3.8, 4) is 0 Å². The molecule has 2 nitrogen and oxygen atoms in total. The van der Waals surface area contributed by atoms with Crippen molar-refractivity contribution >= 4 is 38.3 Å². The largest absolute Gasteiger partial charge is 0.357 e. The first-order valence-electron chi connectivity index (χ1n) is 5.76. The molecular formula is C14H10ClFN2S. The molecule has 1 aromatic heterocycles. The molecule has 0 radical (unpaired) electrons. The average Bonchev–Trinajstić information content (AvgIpc) is 2.80. The summed E-state index contributed by atoms with van der Waals surface area (Å²) in [6.45, 7) is 0.691. The molecule has 0 aliphatic heterocycles. The van der Waals surface area contributed by atoms with E-state index in [9.17, 15) is 4.39 Å². The fourth-order valence-corrected chi connectivity index (χ4v) is 2.80. The van der Waals surface area contributed by atoms with Crippen LogP contribution >= 0.6 is 22.9 Å². The molecule has 0 saturated heterocycles.